The van der Waals surface area contributed by atoms with Crippen molar-refractivity contribution in [2.75, 3.05) is 7.11 Å². The third-order valence-corrected chi connectivity index (χ3v) is 4.52. The molecule has 1 heterocycles. The molecule has 6 nitrogen and oxygen atoms in total. The minimum atomic E-state index is -4.41. The summed E-state index contributed by atoms with van der Waals surface area (Å²) >= 11 is 9.66. The molecule has 0 saturated carbocycles. The normalized spacial score (nSPS) is 11.0. The molecule has 0 spiro atoms. The van der Waals surface area contributed by atoms with Gasteiger partial charge in [0.2, 0.25) is 10.4 Å². The van der Waals surface area contributed by atoms with Crippen LogP contribution in [-0.4, -0.2) is 24.8 Å². The van der Waals surface area contributed by atoms with E-state index in [1.807, 2.05) is 41.7 Å². The van der Waals surface area contributed by atoms with E-state index in [4.69, 9.17) is 11.6 Å². The van der Waals surface area contributed by atoms with Crippen molar-refractivity contribution in [1.29, 1.82) is 0 Å². The smallest absolute Gasteiger partial charge is 0.254 e. The van der Waals surface area contributed by atoms with E-state index >= 15 is 0 Å². The van der Waals surface area contributed by atoms with Crippen molar-refractivity contribution in [2.24, 2.45) is 14.1 Å². The highest BCUT2D eigenvalue weighted by molar-refractivity contribution is 9.10. The standard InChI is InChI=1S/C11H11BrClN2.CH4O4S/c1-14-10(8-6-4-3-5-7-8)9(12)11(13)15(14)2;1-5-6(2,3)4/h3-7H,1-2H3;1H3,(H,2,3,4)/q+1;/p-1. The Hall–Kier alpha value is -0.930. The maximum absolute atomic E-state index is 9.22. The number of hydrogen-bond acceptors (Lipinski definition) is 4. The summed E-state index contributed by atoms with van der Waals surface area (Å²) in [5.74, 6) is 0. The molecule has 0 bridgehead atoms. The summed E-state index contributed by atoms with van der Waals surface area (Å²) in [5, 5.41) is 0.705. The molecule has 21 heavy (non-hydrogen) atoms. The zero-order valence-corrected chi connectivity index (χ0v) is 14.7. The Morgan fingerprint density at radius 3 is 2.14 bits per heavy atom. The highest BCUT2D eigenvalue weighted by Gasteiger charge is 2.24. The molecule has 116 valence electrons. The zero-order valence-electron chi connectivity index (χ0n) is 11.6. The fourth-order valence-electron chi connectivity index (χ4n) is 1.57. The minimum absolute atomic E-state index is 0.705. The van der Waals surface area contributed by atoms with Gasteiger partial charge in [0.25, 0.3) is 5.69 Å². The first kappa shape index (κ1) is 18.1. The van der Waals surface area contributed by atoms with Gasteiger partial charge in [-0.1, -0.05) is 29.8 Å². The number of aromatic nitrogens is 2. The van der Waals surface area contributed by atoms with Crippen LogP contribution in [0.25, 0.3) is 11.3 Å². The number of nitrogens with zero attached hydrogens (tertiary/aromatic N) is 2. The topological polar surface area (TPSA) is 75.2 Å². The van der Waals surface area contributed by atoms with Gasteiger partial charge in [0.15, 0.2) is 12.2 Å². The third-order valence-electron chi connectivity index (χ3n) is 2.70. The van der Waals surface area contributed by atoms with E-state index in [-0.39, 0.29) is 0 Å². The molecule has 0 N–H and O–H groups in total. The van der Waals surface area contributed by atoms with Crippen LogP contribution in [0.3, 0.4) is 0 Å². The molecular formula is C12H14BrClN2O4S. The van der Waals surface area contributed by atoms with Crippen LogP contribution in [0.15, 0.2) is 34.8 Å². The Labute approximate surface area is 137 Å². The summed E-state index contributed by atoms with van der Waals surface area (Å²) in [5.41, 5.74) is 2.23. The number of rotatable bonds is 2. The van der Waals surface area contributed by atoms with Crippen LogP contribution in [0, 0.1) is 0 Å². The molecule has 0 radical (unpaired) electrons. The summed E-state index contributed by atoms with van der Waals surface area (Å²) in [6.07, 6.45) is 0. The van der Waals surface area contributed by atoms with Gasteiger partial charge >= 0.3 is 0 Å². The van der Waals surface area contributed by atoms with E-state index in [0.29, 0.717) is 5.15 Å². The van der Waals surface area contributed by atoms with Crippen molar-refractivity contribution in [2.45, 2.75) is 0 Å². The monoisotopic (exact) mass is 396 g/mol. The number of halogens is 2. The molecule has 9 heteroatoms. The summed E-state index contributed by atoms with van der Waals surface area (Å²) < 4.78 is 35.9. The van der Waals surface area contributed by atoms with Crippen molar-refractivity contribution in [3.8, 4) is 11.3 Å². The lowest BCUT2D eigenvalue weighted by Gasteiger charge is -1.98. The zero-order chi connectivity index (χ0) is 16.2. The molecule has 0 amide bonds. The van der Waals surface area contributed by atoms with E-state index in [2.05, 4.69) is 32.2 Å². The lowest BCUT2D eigenvalue weighted by atomic mass is 10.1. The van der Waals surface area contributed by atoms with Crippen LogP contribution >= 0.6 is 27.5 Å². The van der Waals surface area contributed by atoms with E-state index in [0.717, 1.165) is 22.8 Å². The van der Waals surface area contributed by atoms with Crippen LogP contribution < -0.4 is 4.68 Å². The van der Waals surface area contributed by atoms with Crippen LogP contribution in [0.2, 0.25) is 5.15 Å². The first-order valence-electron chi connectivity index (χ1n) is 5.66. The van der Waals surface area contributed by atoms with Gasteiger partial charge in [-0.2, -0.15) is 0 Å². The van der Waals surface area contributed by atoms with E-state index < -0.39 is 10.4 Å². The second-order valence-corrected chi connectivity index (χ2v) is 6.24. The summed E-state index contributed by atoms with van der Waals surface area (Å²) in [6, 6.07) is 10.2. The van der Waals surface area contributed by atoms with Gasteiger partial charge in [-0.05, 0) is 28.1 Å². The van der Waals surface area contributed by atoms with Crippen LogP contribution in [0.1, 0.15) is 0 Å². The van der Waals surface area contributed by atoms with E-state index in [1.54, 1.807) is 0 Å². The molecule has 0 aliphatic carbocycles. The predicted molar refractivity (Wildman–Crippen MR) is 81.4 cm³/mol. The Balaban J connectivity index is 0.000000315. The fourth-order valence-corrected chi connectivity index (χ4v) is 2.52. The van der Waals surface area contributed by atoms with Gasteiger partial charge in [-0.25, -0.2) is 8.42 Å². The Kier molecular flexibility index (Phi) is 6.36. The van der Waals surface area contributed by atoms with Crippen molar-refractivity contribution >= 4 is 37.9 Å². The quantitative estimate of drug-likeness (QED) is 0.441. The molecule has 0 aliphatic rings. The number of benzene rings is 1. The molecule has 2 rings (SSSR count). The van der Waals surface area contributed by atoms with E-state index in [9.17, 15) is 13.0 Å². The van der Waals surface area contributed by atoms with Crippen molar-refractivity contribution in [1.82, 2.24) is 4.68 Å². The fraction of sp³-hybridized carbons (Fsp3) is 0.250. The van der Waals surface area contributed by atoms with Gasteiger partial charge < -0.3 is 4.55 Å². The Morgan fingerprint density at radius 1 is 1.33 bits per heavy atom. The van der Waals surface area contributed by atoms with Gasteiger partial charge in [-0.15, -0.1) is 9.36 Å². The van der Waals surface area contributed by atoms with Gasteiger partial charge in [0.1, 0.15) is 4.47 Å². The number of hydrogen-bond donors (Lipinski definition) is 0. The van der Waals surface area contributed by atoms with Gasteiger partial charge in [0, 0.05) is 5.56 Å². The van der Waals surface area contributed by atoms with Crippen LogP contribution in [-0.2, 0) is 28.7 Å². The third kappa shape index (κ3) is 4.79. The molecule has 0 aliphatic heterocycles. The lowest BCUT2D eigenvalue weighted by Crippen LogP contribution is -2.38. The highest BCUT2D eigenvalue weighted by atomic mass is 79.9. The molecule has 0 unspecified atom stereocenters. The summed E-state index contributed by atoms with van der Waals surface area (Å²) in [4.78, 5) is 0. The molecule has 2 aromatic rings. The lowest BCUT2D eigenvalue weighted by molar-refractivity contribution is -0.741. The molecule has 0 saturated heterocycles. The molecular weight excluding hydrogens is 384 g/mol. The second kappa shape index (κ2) is 7.37. The molecule has 0 fully saturated rings. The maximum Gasteiger partial charge on any atom is 0.254 e. The average molecular weight is 398 g/mol. The first-order chi connectivity index (χ1) is 9.69. The predicted octanol–water partition coefficient (Wildman–Crippen LogP) is 2.03. The van der Waals surface area contributed by atoms with Crippen molar-refractivity contribution in [3.05, 3.63) is 40.0 Å². The minimum Gasteiger partial charge on any atom is -0.726 e. The van der Waals surface area contributed by atoms with Gasteiger partial charge in [0.05, 0.1) is 14.2 Å². The van der Waals surface area contributed by atoms with Gasteiger partial charge in [-0.3, -0.25) is 4.18 Å². The second-order valence-electron chi connectivity index (χ2n) is 3.94. The van der Waals surface area contributed by atoms with Crippen molar-refractivity contribution in [3.63, 3.8) is 0 Å². The van der Waals surface area contributed by atoms with Crippen LogP contribution in [0.5, 0.6) is 0 Å². The molecule has 1 aromatic heterocycles. The highest BCUT2D eigenvalue weighted by Crippen LogP contribution is 2.31. The first-order valence-corrected chi connectivity index (χ1v) is 8.16. The van der Waals surface area contributed by atoms with Crippen molar-refractivity contribution < 1.29 is 21.8 Å². The molecule has 0 atom stereocenters. The average Bonchev–Trinajstić information content (AvgIpc) is 2.64. The summed E-state index contributed by atoms with van der Waals surface area (Å²) in [7, 11) is 0.311. The summed E-state index contributed by atoms with van der Waals surface area (Å²) in [6.45, 7) is 0. The Bertz CT molecular complexity index is 691. The maximum atomic E-state index is 9.22. The SMILES string of the molecule is COS(=O)(=O)[O-].Cn1c(Cl)c(Br)c(-c2ccccc2)[n+]1C. The van der Waals surface area contributed by atoms with E-state index in [1.165, 1.54) is 0 Å². The Morgan fingerprint density at radius 2 is 1.81 bits per heavy atom. The largest absolute Gasteiger partial charge is 0.726 e. The van der Waals surface area contributed by atoms with Crippen LogP contribution in [0.4, 0.5) is 0 Å². The molecule has 1 aromatic carbocycles.